The van der Waals surface area contributed by atoms with E-state index in [1.165, 1.54) is 0 Å². The van der Waals surface area contributed by atoms with E-state index in [4.69, 9.17) is 11.5 Å². The third-order valence-electron chi connectivity index (χ3n) is 3.45. The average molecular weight is 228 g/mol. The summed E-state index contributed by atoms with van der Waals surface area (Å²) in [6, 6.07) is 0. The lowest BCUT2D eigenvalue weighted by Crippen LogP contribution is -2.36. The second-order valence-corrected chi connectivity index (χ2v) is 4.38. The fourth-order valence-electron chi connectivity index (χ4n) is 2.01. The van der Waals surface area contributed by atoms with E-state index in [-0.39, 0.29) is 17.2 Å². The fraction of sp³-hybridized carbons (Fsp3) is 0.833. The lowest BCUT2D eigenvalue weighted by atomic mass is 9.77. The van der Waals surface area contributed by atoms with Crippen LogP contribution >= 0.6 is 0 Å². The molecule has 0 saturated heterocycles. The van der Waals surface area contributed by atoms with Gasteiger partial charge in [-0.15, -0.1) is 0 Å². The van der Waals surface area contributed by atoms with E-state index in [9.17, 15) is 9.59 Å². The number of primary amides is 2. The summed E-state index contributed by atoms with van der Waals surface area (Å²) in [6.07, 6.45) is 5.48. The smallest absolute Gasteiger partial charge is 0.223 e. The van der Waals surface area contributed by atoms with Crippen molar-refractivity contribution in [2.24, 2.45) is 16.9 Å². The number of carbonyl (C=O) groups excluding carboxylic acids is 2. The summed E-state index contributed by atoms with van der Waals surface area (Å²) >= 11 is 0. The van der Waals surface area contributed by atoms with Crippen LogP contribution in [-0.4, -0.2) is 11.8 Å². The van der Waals surface area contributed by atoms with Gasteiger partial charge in [-0.1, -0.05) is 26.7 Å². The highest BCUT2D eigenvalue weighted by molar-refractivity contribution is 5.80. The number of amides is 2. The Morgan fingerprint density at radius 1 is 1.00 bits per heavy atom. The zero-order valence-electron chi connectivity index (χ0n) is 10.4. The molecule has 0 fully saturated rings. The second-order valence-electron chi connectivity index (χ2n) is 4.38. The van der Waals surface area contributed by atoms with Crippen LogP contribution in [0.5, 0.6) is 0 Å². The minimum Gasteiger partial charge on any atom is -0.370 e. The van der Waals surface area contributed by atoms with Crippen molar-refractivity contribution < 1.29 is 9.59 Å². The highest BCUT2D eigenvalue weighted by Gasteiger charge is 2.31. The molecule has 0 saturated carbocycles. The lowest BCUT2D eigenvalue weighted by Gasteiger charge is -2.27. The summed E-state index contributed by atoms with van der Waals surface area (Å²) in [4.78, 5) is 21.9. The minimum atomic E-state index is -0.354. The van der Waals surface area contributed by atoms with Crippen LogP contribution in [0.1, 0.15) is 58.8 Å². The monoisotopic (exact) mass is 228 g/mol. The first-order chi connectivity index (χ1) is 7.48. The first kappa shape index (κ1) is 14.9. The molecule has 4 heteroatoms. The van der Waals surface area contributed by atoms with Gasteiger partial charge in [-0.2, -0.15) is 0 Å². The molecule has 0 bridgehead atoms. The number of rotatable bonds is 9. The molecule has 0 unspecified atom stereocenters. The van der Waals surface area contributed by atoms with Crippen molar-refractivity contribution in [3.05, 3.63) is 0 Å². The number of hydrogen-bond donors (Lipinski definition) is 2. The van der Waals surface area contributed by atoms with Gasteiger partial charge < -0.3 is 11.5 Å². The maximum Gasteiger partial charge on any atom is 0.223 e. The normalized spacial score (nSPS) is 11.4. The summed E-state index contributed by atoms with van der Waals surface area (Å²) in [5, 5.41) is 0. The first-order valence-electron chi connectivity index (χ1n) is 6.06. The largest absolute Gasteiger partial charge is 0.370 e. The summed E-state index contributed by atoms with van der Waals surface area (Å²) in [5.74, 6) is -0.459. The highest BCUT2D eigenvalue weighted by atomic mass is 16.1. The molecule has 0 aromatic rings. The Morgan fingerprint density at radius 3 is 1.94 bits per heavy atom. The van der Waals surface area contributed by atoms with Crippen LogP contribution in [-0.2, 0) is 9.59 Å². The van der Waals surface area contributed by atoms with E-state index in [0.29, 0.717) is 6.42 Å². The van der Waals surface area contributed by atoms with Gasteiger partial charge in [0.15, 0.2) is 0 Å². The Labute approximate surface area is 97.8 Å². The maximum atomic E-state index is 11.4. The molecule has 0 radical (unpaired) electrons. The molecule has 0 rings (SSSR count). The number of carbonyl (C=O) groups is 2. The Kier molecular flexibility index (Phi) is 6.77. The molecule has 2 amide bonds. The van der Waals surface area contributed by atoms with Gasteiger partial charge >= 0.3 is 0 Å². The van der Waals surface area contributed by atoms with Gasteiger partial charge in [0.05, 0.1) is 0 Å². The van der Waals surface area contributed by atoms with Gasteiger partial charge in [-0.3, -0.25) is 9.59 Å². The molecule has 0 aromatic heterocycles. The van der Waals surface area contributed by atoms with Crippen molar-refractivity contribution in [2.75, 3.05) is 0 Å². The molecular weight excluding hydrogens is 204 g/mol. The Balaban J connectivity index is 3.95. The Hall–Kier alpha value is -1.06. The molecule has 0 heterocycles. The number of unbranched alkanes of at least 4 members (excludes halogenated alkanes) is 2. The molecule has 0 aliphatic heterocycles. The zero-order valence-corrected chi connectivity index (χ0v) is 10.4. The first-order valence-corrected chi connectivity index (χ1v) is 6.06. The van der Waals surface area contributed by atoms with Gasteiger partial charge in [0, 0.05) is 11.8 Å². The van der Waals surface area contributed by atoms with Gasteiger partial charge in [-0.05, 0) is 25.7 Å². The summed E-state index contributed by atoms with van der Waals surface area (Å²) in [7, 11) is 0. The van der Waals surface area contributed by atoms with Crippen molar-refractivity contribution in [2.45, 2.75) is 58.8 Å². The number of hydrogen-bond acceptors (Lipinski definition) is 2. The van der Waals surface area contributed by atoms with Gasteiger partial charge in [0.1, 0.15) is 0 Å². The second kappa shape index (κ2) is 7.25. The standard InChI is InChI=1S/C12H24N2O2/c1-3-12(4-2,11(14)16)9-7-5-6-8-10(13)15/h3-9H2,1-2H3,(H2,13,15)(H2,14,16). The summed E-state index contributed by atoms with van der Waals surface area (Å²) in [5.41, 5.74) is 10.1. The Morgan fingerprint density at radius 2 is 1.56 bits per heavy atom. The Bertz CT molecular complexity index is 235. The molecular formula is C12H24N2O2. The highest BCUT2D eigenvalue weighted by Crippen LogP contribution is 2.32. The van der Waals surface area contributed by atoms with Crippen molar-refractivity contribution in [3.63, 3.8) is 0 Å². The molecule has 0 aromatic carbocycles. The molecule has 4 N–H and O–H groups in total. The summed E-state index contributed by atoms with van der Waals surface area (Å²) in [6.45, 7) is 4.00. The van der Waals surface area contributed by atoms with E-state index in [2.05, 4.69) is 0 Å². The van der Waals surface area contributed by atoms with E-state index < -0.39 is 0 Å². The average Bonchev–Trinajstić information content (AvgIpc) is 2.23. The molecule has 94 valence electrons. The topological polar surface area (TPSA) is 86.2 Å². The molecule has 0 aliphatic carbocycles. The predicted molar refractivity (Wildman–Crippen MR) is 64.5 cm³/mol. The molecule has 0 aliphatic rings. The fourth-order valence-corrected chi connectivity index (χ4v) is 2.01. The van der Waals surface area contributed by atoms with Crippen molar-refractivity contribution in [1.82, 2.24) is 0 Å². The van der Waals surface area contributed by atoms with Gasteiger partial charge in [0.2, 0.25) is 11.8 Å². The molecule has 16 heavy (non-hydrogen) atoms. The quantitative estimate of drug-likeness (QED) is 0.589. The third-order valence-corrected chi connectivity index (χ3v) is 3.45. The van der Waals surface area contributed by atoms with E-state index >= 15 is 0 Å². The molecule has 0 spiro atoms. The van der Waals surface area contributed by atoms with Crippen molar-refractivity contribution in [3.8, 4) is 0 Å². The van der Waals surface area contributed by atoms with Crippen molar-refractivity contribution >= 4 is 11.8 Å². The molecule has 4 nitrogen and oxygen atoms in total. The zero-order chi connectivity index (χ0) is 12.6. The number of nitrogens with two attached hydrogens (primary N) is 2. The SMILES string of the molecule is CCC(CC)(CCCCCC(N)=O)C(N)=O. The van der Waals surface area contributed by atoms with Crippen LogP contribution in [0.15, 0.2) is 0 Å². The maximum absolute atomic E-state index is 11.4. The lowest BCUT2D eigenvalue weighted by molar-refractivity contribution is -0.128. The van der Waals surface area contributed by atoms with E-state index in [0.717, 1.165) is 38.5 Å². The van der Waals surface area contributed by atoms with Crippen molar-refractivity contribution in [1.29, 1.82) is 0 Å². The van der Waals surface area contributed by atoms with Crippen LogP contribution in [0.2, 0.25) is 0 Å². The predicted octanol–water partition coefficient (Wildman–Crippen LogP) is 1.71. The third kappa shape index (κ3) is 4.64. The van der Waals surface area contributed by atoms with Crippen LogP contribution < -0.4 is 11.5 Å². The molecule has 0 atom stereocenters. The summed E-state index contributed by atoms with van der Waals surface area (Å²) < 4.78 is 0. The van der Waals surface area contributed by atoms with Gasteiger partial charge in [0.25, 0.3) is 0 Å². The van der Waals surface area contributed by atoms with Crippen LogP contribution in [0.4, 0.5) is 0 Å². The van der Waals surface area contributed by atoms with Crippen LogP contribution in [0.3, 0.4) is 0 Å². The van der Waals surface area contributed by atoms with Crippen LogP contribution in [0.25, 0.3) is 0 Å². The van der Waals surface area contributed by atoms with E-state index in [1.807, 2.05) is 13.8 Å². The van der Waals surface area contributed by atoms with E-state index in [1.54, 1.807) is 0 Å². The van der Waals surface area contributed by atoms with Gasteiger partial charge in [-0.25, -0.2) is 0 Å². The van der Waals surface area contributed by atoms with Crippen LogP contribution in [0, 0.1) is 5.41 Å². The minimum absolute atomic E-state index is 0.201.